The second-order valence-electron chi connectivity index (χ2n) is 7.26. The van der Waals surface area contributed by atoms with Gasteiger partial charge in [0.05, 0.1) is 11.1 Å². The molecule has 0 atom stereocenters. The molecule has 0 aliphatic carbocycles. The number of hydrogen-bond donors (Lipinski definition) is 2. The fourth-order valence-corrected chi connectivity index (χ4v) is 3.55. The van der Waals surface area contributed by atoms with Crippen LogP contribution < -0.4 is 5.32 Å². The van der Waals surface area contributed by atoms with E-state index in [9.17, 15) is 14.4 Å². The molecule has 142 valence electrons. The molecule has 2 aromatic carbocycles. The van der Waals surface area contributed by atoms with Crippen LogP contribution in [0, 0.1) is 0 Å². The topological polar surface area (TPSA) is 82.3 Å². The summed E-state index contributed by atoms with van der Waals surface area (Å²) in [6.07, 6.45) is 2.48. The van der Waals surface area contributed by atoms with Crippen LogP contribution in [0.15, 0.2) is 48.7 Å². The molecule has 6 nitrogen and oxygen atoms in total. The van der Waals surface area contributed by atoms with Gasteiger partial charge in [-0.15, -0.1) is 0 Å². The van der Waals surface area contributed by atoms with Gasteiger partial charge in [-0.05, 0) is 50.1 Å². The molecule has 1 aliphatic heterocycles. The highest BCUT2D eigenvalue weighted by Gasteiger charge is 2.35. The van der Waals surface area contributed by atoms with E-state index in [0.29, 0.717) is 29.7 Å². The van der Waals surface area contributed by atoms with E-state index >= 15 is 0 Å². The second kappa shape index (κ2) is 6.96. The highest BCUT2D eigenvalue weighted by molar-refractivity contribution is 6.22. The maximum atomic E-state index is 12.8. The van der Waals surface area contributed by atoms with Gasteiger partial charge in [0.1, 0.15) is 0 Å². The Hall–Kier alpha value is -3.41. The highest BCUT2D eigenvalue weighted by atomic mass is 16.2. The van der Waals surface area contributed by atoms with Crippen LogP contribution in [-0.4, -0.2) is 40.2 Å². The summed E-state index contributed by atoms with van der Waals surface area (Å²) in [6.45, 7) is 4.03. The van der Waals surface area contributed by atoms with E-state index in [1.807, 2.05) is 44.3 Å². The number of benzene rings is 2. The van der Waals surface area contributed by atoms with Crippen LogP contribution in [0.4, 0.5) is 0 Å². The lowest BCUT2D eigenvalue weighted by atomic mass is 10.1. The third kappa shape index (κ3) is 3.07. The summed E-state index contributed by atoms with van der Waals surface area (Å²) in [5.41, 5.74) is 3.11. The van der Waals surface area contributed by atoms with Crippen molar-refractivity contribution in [2.75, 3.05) is 6.54 Å². The van der Waals surface area contributed by atoms with Gasteiger partial charge in [-0.2, -0.15) is 0 Å². The first kappa shape index (κ1) is 18.0. The zero-order chi connectivity index (χ0) is 19.8. The Morgan fingerprint density at radius 2 is 1.82 bits per heavy atom. The smallest absolute Gasteiger partial charge is 0.261 e. The normalized spacial score (nSPS) is 13.5. The number of hydrogen-bond acceptors (Lipinski definition) is 3. The molecule has 0 spiro atoms. The Balaban J connectivity index is 1.54. The van der Waals surface area contributed by atoms with Crippen molar-refractivity contribution in [1.29, 1.82) is 0 Å². The molecule has 28 heavy (non-hydrogen) atoms. The average Bonchev–Trinajstić information content (AvgIpc) is 3.19. The summed E-state index contributed by atoms with van der Waals surface area (Å²) in [4.78, 5) is 42.2. The Morgan fingerprint density at radius 3 is 2.61 bits per heavy atom. The van der Waals surface area contributed by atoms with Gasteiger partial charge in [-0.25, -0.2) is 0 Å². The molecule has 3 amide bonds. The zero-order valence-electron chi connectivity index (χ0n) is 15.8. The third-order valence-corrected chi connectivity index (χ3v) is 4.93. The molecule has 3 aromatic rings. The minimum atomic E-state index is -0.348. The molecule has 0 fully saturated rings. The van der Waals surface area contributed by atoms with Gasteiger partial charge in [-0.3, -0.25) is 19.3 Å². The first-order valence-electron chi connectivity index (χ1n) is 9.32. The summed E-state index contributed by atoms with van der Waals surface area (Å²) < 4.78 is 0. The van der Waals surface area contributed by atoms with Crippen molar-refractivity contribution in [2.45, 2.75) is 26.3 Å². The Bertz CT molecular complexity index is 1100. The first-order valence-corrected chi connectivity index (χ1v) is 9.32. The van der Waals surface area contributed by atoms with Crippen molar-refractivity contribution >= 4 is 28.6 Å². The van der Waals surface area contributed by atoms with Crippen molar-refractivity contribution in [2.24, 2.45) is 0 Å². The molecule has 0 unspecified atom stereocenters. The van der Waals surface area contributed by atoms with Crippen molar-refractivity contribution in [3.63, 3.8) is 0 Å². The maximum Gasteiger partial charge on any atom is 0.261 e. The van der Waals surface area contributed by atoms with Crippen molar-refractivity contribution in [3.05, 3.63) is 70.9 Å². The number of H-pyrrole nitrogens is 1. The number of rotatable bonds is 5. The number of carbonyl (C=O) groups excluding carboxylic acids is 3. The van der Waals surface area contributed by atoms with Gasteiger partial charge in [-0.1, -0.05) is 18.2 Å². The monoisotopic (exact) mass is 375 g/mol. The number of nitrogens with zero attached hydrogens (tertiary/aromatic N) is 1. The van der Waals surface area contributed by atoms with E-state index in [1.54, 1.807) is 12.1 Å². The lowest BCUT2D eigenvalue weighted by Gasteiger charge is -2.13. The minimum absolute atomic E-state index is 0.00856. The van der Waals surface area contributed by atoms with Crippen LogP contribution in [0.1, 0.15) is 50.5 Å². The second-order valence-corrected chi connectivity index (χ2v) is 7.26. The van der Waals surface area contributed by atoms with Gasteiger partial charge in [0.2, 0.25) is 0 Å². The standard InChI is InChI=1S/C22H21N3O3/c1-13(2)24-20(26)14-7-8-17-18(11-14)22(28)25(21(17)27)10-9-15-12-23-19-6-4-3-5-16(15)19/h3-8,11-13,23H,9-10H2,1-2H3,(H,24,26). The number of fused-ring (bicyclic) bond motifs is 2. The Labute approximate surface area is 162 Å². The SMILES string of the molecule is CC(C)NC(=O)c1ccc2c(c1)C(=O)N(CCc1c[nH]c3ccccc13)C2=O. The minimum Gasteiger partial charge on any atom is -0.361 e. The van der Waals surface area contributed by atoms with Crippen molar-refractivity contribution in [1.82, 2.24) is 15.2 Å². The van der Waals surface area contributed by atoms with Crippen LogP contribution in [0.5, 0.6) is 0 Å². The molecule has 6 heteroatoms. The number of aromatic amines is 1. The molecular weight excluding hydrogens is 354 g/mol. The lowest BCUT2D eigenvalue weighted by molar-refractivity contribution is 0.0656. The van der Waals surface area contributed by atoms with E-state index in [1.165, 1.54) is 11.0 Å². The van der Waals surface area contributed by atoms with E-state index in [4.69, 9.17) is 0 Å². The third-order valence-electron chi connectivity index (χ3n) is 4.93. The first-order chi connectivity index (χ1) is 13.5. The molecule has 0 radical (unpaired) electrons. The molecule has 2 heterocycles. The molecule has 0 bridgehead atoms. The van der Waals surface area contributed by atoms with Gasteiger partial charge in [0.15, 0.2) is 0 Å². The Morgan fingerprint density at radius 1 is 1.07 bits per heavy atom. The molecule has 0 saturated heterocycles. The Kier molecular flexibility index (Phi) is 4.47. The van der Waals surface area contributed by atoms with E-state index in [-0.39, 0.29) is 23.8 Å². The van der Waals surface area contributed by atoms with E-state index in [2.05, 4.69) is 10.3 Å². The quantitative estimate of drug-likeness (QED) is 0.672. The molecule has 4 rings (SSSR count). The summed E-state index contributed by atoms with van der Waals surface area (Å²) >= 11 is 0. The van der Waals surface area contributed by atoms with E-state index in [0.717, 1.165) is 16.5 Å². The molecular formula is C22H21N3O3. The lowest BCUT2D eigenvalue weighted by Crippen LogP contribution is -2.31. The largest absolute Gasteiger partial charge is 0.361 e. The molecule has 2 N–H and O–H groups in total. The maximum absolute atomic E-state index is 12.8. The van der Waals surface area contributed by atoms with Crippen LogP contribution in [-0.2, 0) is 6.42 Å². The van der Waals surface area contributed by atoms with Crippen LogP contribution in [0.2, 0.25) is 0 Å². The molecule has 0 saturated carbocycles. The zero-order valence-corrected chi connectivity index (χ0v) is 15.8. The van der Waals surface area contributed by atoms with E-state index < -0.39 is 0 Å². The number of imide groups is 1. The van der Waals surface area contributed by atoms with Gasteiger partial charge >= 0.3 is 0 Å². The fourth-order valence-electron chi connectivity index (χ4n) is 3.55. The van der Waals surface area contributed by atoms with Gasteiger partial charge in [0.25, 0.3) is 17.7 Å². The molecule has 1 aliphatic rings. The van der Waals surface area contributed by atoms with Crippen molar-refractivity contribution in [3.8, 4) is 0 Å². The average molecular weight is 375 g/mol. The summed E-state index contributed by atoms with van der Waals surface area (Å²) in [7, 11) is 0. The summed E-state index contributed by atoms with van der Waals surface area (Å²) in [5, 5.41) is 3.89. The number of para-hydroxylation sites is 1. The van der Waals surface area contributed by atoms with Crippen LogP contribution in [0.3, 0.4) is 0 Å². The number of amides is 3. The predicted octanol–water partition coefficient (Wildman–Crippen LogP) is 3.14. The van der Waals surface area contributed by atoms with Crippen LogP contribution in [0.25, 0.3) is 10.9 Å². The molecule has 1 aromatic heterocycles. The number of aromatic nitrogens is 1. The van der Waals surface area contributed by atoms with Gasteiger partial charge in [0, 0.05) is 35.2 Å². The fraction of sp³-hybridized carbons (Fsp3) is 0.227. The van der Waals surface area contributed by atoms with Crippen molar-refractivity contribution < 1.29 is 14.4 Å². The predicted molar refractivity (Wildman–Crippen MR) is 106 cm³/mol. The van der Waals surface area contributed by atoms with Crippen LogP contribution >= 0.6 is 0 Å². The van der Waals surface area contributed by atoms with Gasteiger partial charge < -0.3 is 10.3 Å². The number of carbonyl (C=O) groups is 3. The summed E-state index contributed by atoms with van der Waals surface area (Å²) in [6, 6.07) is 12.6. The highest BCUT2D eigenvalue weighted by Crippen LogP contribution is 2.25. The summed E-state index contributed by atoms with van der Waals surface area (Å²) in [5.74, 6) is -0.912. The number of nitrogens with one attached hydrogen (secondary N) is 2.